The van der Waals surface area contributed by atoms with Crippen LogP contribution in [0.2, 0.25) is 0 Å². The van der Waals surface area contributed by atoms with E-state index in [0.717, 1.165) is 5.57 Å². The van der Waals surface area contributed by atoms with E-state index in [1.54, 1.807) is 36.4 Å². The number of benzene rings is 1. The van der Waals surface area contributed by atoms with E-state index >= 15 is 0 Å². The lowest BCUT2D eigenvalue weighted by Crippen LogP contribution is -2.63. The van der Waals surface area contributed by atoms with Gasteiger partial charge in [-0.3, -0.25) is 14.4 Å². The Hall–Kier alpha value is -3.12. The largest absolute Gasteiger partial charge is 0.446 e. The third-order valence-corrected chi connectivity index (χ3v) is 9.18. The summed E-state index contributed by atoms with van der Waals surface area (Å²) in [7, 11) is 0. The standard InChI is InChI=1S/C29H30O6/c1-17-13-22-21-10-9-19-14-20(31)11-12-27(19,2)25(21)23(32)15-28(22,3)29(17,24(33)16-30)35-26(34)18-7-5-4-6-8-18/h4-12,14,17,21-22,25,30H,13,15-16H2,1-3H3/t17?,21-,22-,25+,27-,28-,29-/m0/s1. The van der Waals surface area contributed by atoms with E-state index in [9.17, 15) is 24.3 Å². The van der Waals surface area contributed by atoms with Crippen molar-refractivity contribution in [3.05, 3.63) is 71.8 Å². The highest BCUT2D eigenvalue weighted by Gasteiger charge is 2.72. The second-order valence-corrected chi connectivity index (χ2v) is 10.9. The molecule has 0 heterocycles. The highest BCUT2D eigenvalue weighted by atomic mass is 16.6. The lowest BCUT2D eigenvalue weighted by Gasteiger charge is -2.55. The van der Waals surface area contributed by atoms with Crippen LogP contribution in [0.25, 0.3) is 0 Å². The second kappa shape index (κ2) is 7.95. The van der Waals surface area contributed by atoms with Crippen LogP contribution in [-0.2, 0) is 19.1 Å². The van der Waals surface area contributed by atoms with Gasteiger partial charge in [-0.25, -0.2) is 4.79 Å². The summed E-state index contributed by atoms with van der Waals surface area (Å²) in [6.07, 6.45) is 9.50. The van der Waals surface area contributed by atoms with Crippen molar-refractivity contribution in [3.63, 3.8) is 0 Å². The summed E-state index contributed by atoms with van der Waals surface area (Å²) in [4.78, 5) is 52.6. The molecule has 0 spiro atoms. The highest BCUT2D eigenvalue weighted by Crippen LogP contribution is 2.67. The third-order valence-electron chi connectivity index (χ3n) is 9.18. The number of aliphatic hydroxyl groups is 1. The van der Waals surface area contributed by atoms with Crippen LogP contribution in [-0.4, -0.2) is 40.6 Å². The summed E-state index contributed by atoms with van der Waals surface area (Å²) in [5.41, 5.74) is -2.08. The van der Waals surface area contributed by atoms with E-state index in [2.05, 4.69) is 0 Å². The van der Waals surface area contributed by atoms with Crippen molar-refractivity contribution in [2.75, 3.05) is 6.61 Å². The smallest absolute Gasteiger partial charge is 0.339 e. The average molecular weight is 475 g/mol. The number of fused-ring (bicyclic) bond motifs is 5. The molecule has 4 aliphatic rings. The number of carbonyl (C=O) groups is 4. The fourth-order valence-electron chi connectivity index (χ4n) is 7.59. The Morgan fingerprint density at radius 1 is 1.11 bits per heavy atom. The molecule has 6 nitrogen and oxygen atoms in total. The van der Waals surface area contributed by atoms with Crippen molar-refractivity contribution >= 4 is 23.3 Å². The molecule has 0 amide bonds. The zero-order valence-electron chi connectivity index (χ0n) is 20.2. The van der Waals surface area contributed by atoms with Gasteiger partial charge in [0.05, 0.1) is 5.56 Å². The zero-order chi connectivity index (χ0) is 25.2. The normalized spacial score (nSPS) is 39.4. The summed E-state index contributed by atoms with van der Waals surface area (Å²) in [5.74, 6) is -2.40. The molecule has 0 aliphatic heterocycles. The molecular weight excluding hydrogens is 444 g/mol. The molecule has 0 radical (unpaired) electrons. The Bertz CT molecular complexity index is 1210. The molecule has 5 rings (SSSR count). The number of hydrogen-bond donors (Lipinski definition) is 1. The maximum atomic E-state index is 13.9. The van der Waals surface area contributed by atoms with E-state index < -0.39 is 40.7 Å². The number of carbonyl (C=O) groups excluding carboxylic acids is 4. The van der Waals surface area contributed by atoms with Crippen molar-refractivity contribution in [2.24, 2.45) is 34.5 Å². The summed E-state index contributed by atoms with van der Waals surface area (Å²) in [5, 5.41) is 10.00. The number of ketones is 3. The van der Waals surface area contributed by atoms with Gasteiger partial charge in [0, 0.05) is 29.1 Å². The topological polar surface area (TPSA) is 97.7 Å². The number of ether oxygens (including phenoxy) is 1. The van der Waals surface area contributed by atoms with Crippen molar-refractivity contribution in [3.8, 4) is 0 Å². The number of allylic oxidation sites excluding steroid dienone is 6. The SMILES string of the molecule is CC1C[C@H]2[C@@H]3C=CC4=CC(=O)C=C[C@]4(C)[C@H]3C(=O)C[C@]2(C)[C@@]1(OC(=O)c1ccccc1)C(=O)CO. The van der Waals surface area contributed by atoms with E-state index in [1.807, 2.05) is 39.0 Å². The van der Waals surface area contributed by atoms with Gasteiger partial charge in [0.2, 0.25) is 5.78 Å². The minimum atomic E-state index is -1.62. The monoisotopic (exact) mass is 474 g/mol. The predicted molar refractivity (Wildman–Crippen MR) is 128 cm³/mol. The molecule has 182 valence electrons. The van der Waals surface area contributed by atoms with Gasteiger partial charge in [0.15, 0.2) is 11.4 Å². The van der Waals surface area contributed by atoms with E-state index in [0.29, 0.717) is 12.0 Å². The van der Waals surface area contributed by atoms with Crippen LogP contribution in [0.15, 0.2) is 66.3 Å². The molecule has 35 heavy (non-hydrogen) atoms. The molecule has 2 saturated carbocycles. The van der Waals surface area contributed by atoms with Crippen molar-refractivity contribution in [1.82, 2.24) is 0 Å². The molecule has 1 aromatic rings. The number of aliphatic hydroxyl groups excluding tert-OH is 1. The Balaban J connectivity index is 1.61. The molecule has 0 aromatic heterocycles. The number of rotatable bonds is 4. The van der Waals surface area contributed by atoms with Crippen LogP contribution in [0.4, 0.5) is 0 Å². The molecule has 2 fully saturated rings. The maximum absolute atomic E-state index is 13.9. The molecule has 1 unspecified atom stereocenters. The lowest BCUT2D eigenvalue weighted by atomic mass is 9.48. The molecule has 1 N–H and O–H groups in total. The Morgan fingerprint density at radius 2 is 1.83 bits per heavy atom. The molecule has 4 aliphatic carbocycles. The predicted octanol–water partition coefficient (Wildman–Crippen LogP) is 3.65. The van der Waals surface area contributed by atoms with Crippen molar-refractivity contribution in [2.45, 2.75) is 39.2 Å². The van der Waals surface area contributed by atoms with Gasteiger partial charge < -0.3 is 9.84 Å². The maximum Gasteiger partial charge on any atom is 0.339 e. The van der Waals surface area contributed by atoms with Gasteiger partial charge in [-0.15, -0.1) is 0 Å². The van der Waals surface area contributed by atoms with Gasteiger partial charge in [-0.05, 0) is 48.1 Å². The Labute approximate surface area is 204 Å². The number of hydrogen-bond acceptors (Lipinski definition) is 6. The Morgan fingerprint density at radius 3 is 2.51 bits per heavy atom. The molecule has 0 saturated heterocycles. The van der Waals surface area contributed by atoms with Gasteiger partial charge in [0.1, 0.15) is 12.4 Å². The van der Waals surface area contributed by atoms with Crippen LogP contribution in [0.5, 0.6) is 0 Å². The van der Waals surface area contributed by atoms with E-state index in [-0.39, 0.29) is 35.7 Å². The molecular formula is C29H30O6. The van der Waals surface area contributed by atoms with Crippen molar-refractivity contribution in [1.29, 1.82) is 0 Å². The van der Waals surface area contributed by atoms with Gasteiger partial charge in [-0.2, -0.15) is 0 Å². The minimum absolute atomic E-state index is 0.0227. The highest BCUT2D eigenvalue weighted by molar-refractivity contribution is 6.02. The first-order chi connectivity index (χ1) is 16.6. The first kappa shape index (κ1) is 23.6. The summed E-state index contributed by atoms with van der Waals surface area (Å²) in [6.45, 7) is 4.95. The van der Waals surface area contributed by atoms with Crippen LogP contribution in [0, 0.1) is 34.5 Å². The first-order valence-electron chi connectivity index (χ1n) is 12.2. The lowest BCUT2D eigenvalue weighted by molar-refractivity contribution is -0.171. The summed E-state index contributed by atoms with van der Waals surface area (Å²) < 4.78 is 6.10. The average Bonchev–Trinajstić information content (AvgIpc) is 3.06. The third kappa shape index (κ3) is 3.12. The Kier molecular flexibility index (Phi) is 5.37. The molecule has 6 heteroatoms. The second-order valence-electron chi connectivity index (χ2n) is 10.9. The first-order valence-corrected chi connectivity index (χ1v) is 12.2. The number of esters is 1. The van der Waals surface area contributed by atoms with Gasteiger partial charge in [-0.1, -0.05) is 57.2 Å². The van der Waals surface area contributed by atoms with Crippen LogP contribution in [0.3, 0.4) is 0 Å². The van der Waals surface area contributed by atoms with E-state index in [4.69, 9.17) is 4.74 Å². The zero-order valence-corrected chi connectivity index (χ0v) is 20.2. The minimum Gasteiger partial charge on any atom is -0.446 e. The fraction of sp³-hybridized carbons (Fsp3) is 0.448. The fourth-order valence-corrected chi connectivity index (χ4v) is 7.59. The molecule has 1 aromatic carbocycles. The quantitative estimate of drug-likeness (QED) is 0.669. The molecule has 7 atom stereocenters. The van der Waals surface area contributed by atoms with Crippen molar-refractivity contribution < 1.29 is 29.0 Å². The van der Waals surface area contributed by atoms with Gasteiger partial charge in [0.25, 0.3) is 0 Å². The van der Waals surface area contributed by atoms with Crippen LogP contribution >= 0.6 is 0 Å². The summed E-state index contributed by atoms with van der Waals surface area (Å²) >= 11 is 0. The van der Waals surface area contributed by atoms with Gasteiger partial charge >= 0.3 is 5.97 Å². The van der Waals surface area contributed by atoms with Crippen LogP contribution < -0.4 is 0 Å². The molecule has 0 bridgehead atoms. The van der Waals surface area contributed by atoms with Crippen LogP contribution in [0.1, 0.15) is 44.0 Å². The number of Topliss-reactive ketones (excluding diaryl/α,β-unsaturated/α-hetero) is 2. The van der Waals surface area contributed by atoms with E-state index in [1.165, 1.54) is 6.08 Å². The summed E-state index contributed by atoms with van der Waals surface area (Å²) in [6, 6.07) is 8.46.